The number of hydrogen-bond acceptors (Lipinski definition) is 3. The summed E-state index contributed by atoms with van der Waals surface area (Å²) in [6.45, 7) is 6.53. The topological polar surface area (TPSA) is 39.9 Å². The van der Waals surface area contributed by atoms with Crippen molar-refractivity contribution in [3.8, 4) is 51.0 Å². The van der Waals surface area contributed by atoms with Crippen LogP contribution < -0.4 is 15.3 Å². The molecule has 0 amide bonds. The molecule has 2 aliphatic rings. The second-order valence-corrected chi connectivity index (χ2v) is 14.7. The summed E-state index contributed by atoms with van der Waals surface area (Å²) >= 11 is 0. The van der Waals surface area contributed by atoms with Crippen LogP contribution in [-0.4, -0.2) is 14.5 Å². The molecule has 0 N–H and O–H groups in total. The smallest absolute Gasteiger partial charge is 0.235 e. The van der Waals surface area contributed by atoms with Crippen molar-refractivity contribution in [1.82, 2.24) is 14.5 Å². The van der Waals surface area contributed by atoms with Gasteiger partial charge in [-0.1, -0.05) is 127 Å². The van der Waals surface area contributed by atoms with Gasteiger partial charge in [-0.2, -0.15) is 0 Å². The van der Waals surface area contributed by atoms with E-state index in [1.165, 1.54) is 27.8 Å². The number of benzene rings is 6. The highest BCUT2D eigenvalue weighted by Gasteiger charge is 2.24. The van der Waals surface area contributed by atoms with E-state index in [2.05, 4.69) is 171 Å². The van der Waals surface area contributed by atoms with Crippen LogP contribution in [0.3, 0.4) is 0 Å². The Morgan fingerprint density at radius 2 is 1.40 bits per heavy atom. The van der Waals surface area contributed by atoms with Gasteiger partial charge in [0.05, 0.1) is 16.6 Å². The van der Waals surface area contributed by atoms with E-state index < -0.39 is 0 Å². The van der Waals surface area contributed by atoms with Crippen molar-refractivity contribution >= 4 is 45.6 Å². The predicted molar refractivity (Wildman–Crippen MR) is 229 cm³/mol. The Morgan fingerprint density at radius 1 is 0.600 bits per heavy atom. The van der Waals surface area contributed by atoms with Crippen molar-refractivity contribution in [3.05, 3.63) is 172 Å². The zero-order valence-electron chi connectivity index (χ0n) is 31.2. The van der Waals surface area contributed by atoms with Crippen LogP contribution in [-0.2, 0) is 0 Å². The van der Waals surface area contributed by atoms with E-state index in [-0.39, 0.29) is 0 Å². The summed E-state index contributed by atoms with van der Waals surface area (Å²) in [5.41, 5.74) is 14.6. The number of ether oxygens (including phenoxy) is 1. The molecule has 0 unspecified atom stereocenters. The van der Waals surface area contributed by atoms with Crippen molar-refractivity contribution < 1.29 is 4.74 Å². The number of aromatic nitrogens is 3. The van der Waals surface area contributed by atoms with Crippen molar-refractivity contribution in [1.29, 1.82) is 0 Å². The van der Waals surface area contributed by atoms with Crippen molar-refractivity contribution in [2.45, 2.75) is 33.6 Å². The van der Waals surface area contributed by atoms with Crippen LogP contribution >= 0.6 is 0 Å². The third-order valence-electron chi connectivity index (χ3n) is 11.1. The lowest BCUT2D eigenvalue weighted by Gasteiger charge is -2.17. The number of fused-ring (bicyclic) bond motifs is 8. The molecule has 1 aliphatic heterocycles. The van der Waals surface area contributed by atoms with Crippen LogP contribution in [0.4, 0.5) is 0 Å². The Labute approximate surface area is 320 Å². The second-order valence-electron chi connectivity index (χ2n) is 14.7. The van der Waals surface area contributed by atoms with Crippen molar-refractivity contribution in [2.75, 3.05) is 0 Å². The van der Waals surface area contributed by atoms with E-state index in [0.717, 1.165) is 90.2 Å². The first-order chi connectivity index (χ1) is 27.0. The van der Waals surface area contributed by atoms with Crippen LogP contribution in [0, 0.1) is 13.8 Å². The first-order valence-electron chi connectivity index (χ1n) is 19.1. The van der Waals surface area contributed by atoms with Crippen molar-refractivity contribution in [3.63, 3.8) is 0 Å². The quantitative estimate of drug-likeness (QED) is 0.183. The Kier molecular flexibility index (Phi) is 7.92. The molecule has 4 nitrogen and oxygen atoms in total. The highest BCUT2D eigenvalue weighted by molar-refractivity contribution is 6.13. The zero-order chi connectivity index (χ0) is 37.0. The van der Waals surface area contributed by atoms with Gasteiger partial charge in [-0.3, -0.25) is 4.57 Å². The standard InChI is InChI=1S/C51H39N3O/c1-32-13-7-8-20-40(32)44-30-37(24-23-34(44)3)38-25-28-47-45(31-38)42-27-26-41-33(2)14-11-15-35-16-12-19-39(29-35)55-50(41)49(42)54(47)51-52-46-22-10-9-21-43(46)48(53-51)36-17-5-4-6-18-36/h4-8,11-31H,9-10H2,1-3H3/b15-11-,33-14+. The summed E-state index contributed by atoms with van der Waals surface area (Å²) in [7, 11) is 0. The summed E-state index contributed by atoms with van der Waals surface area (Å²) in [6, 6.07) is 45.4. The van der Waals surface area contributed by atoms with Crippen LogP contribution in [0.2, 0.25) is 0 Å². The number of nitrogens with zero attached hydrogens (tertiary/aromatic N) is 3. The molecule has 2 bridgehead atoms. The average molecular weight is 710 g/mol. The van der Waals surface area contributed by atoms with Gasteiger partial charge >= 0.3 is 0 Å². The Bertz CT molecular complexity index is 3040. The first-order valence-corrected chi connectivity index (χ1v) is 19.1. The number of rotatable bonds is 4. The van der Waals surface area contributed by atoms with E-state index in [1.54, 1.807) is 0 Å². The third kappa shape index (κ3) is 5.69. The maximum Gasteiger partial charge on any atom is 0.235 e. The summed E-state index contributed by atoms with van der Waals surface area (Å²) < 4.78 is 9.25. The SMILES string of the molecule is C/C1=C\C=C/c2cccc(c2)Oc2c1ccc1c3cc(-c4ccc(C)c(-c5ccccc5C)c4)ccc3n(-c3nc(-c4ccccc4)c4c(n3)=CCCC=4)c21. The van der Waals surface area contributed by atoms with E-state index in [1.807, 2.05) is 12.1 Å². The van der Waals surface area contributed by atoms with E-state index in [4.69, 9.17) is 14.7 Å². The van der Waals surface area contributed by atoms with Gasteiger partial charge in [0.2, 0.25) is 5.95 Å². The zero-order valence-corrected chi connectivity index (χ0v) is 31.2. The number of allylic oxidation sites excluding steroid dienone is 3. The average Bonchev–Trinajstić information content (AvgIpc) is 3.55. The molecule has 1 aliphatic carbocycles. The van der Waals surface area contributed by atoms with Gasteiger partial charge in [-0.05, 0) is 108 Å². The fraction of sp³-hybridized carbons (Fsp3) is 0.0980. The normalized spacial score (nSPS) is 14.9. The van der Waals surface area contributed by atoms with Crippen LogP contribution in [0.15, 0.2) is 140 Å². The highest BCUT2D eigenvalue weighted by Crippen LogP contribution is 2.44. The minimum absolute atomic E-state index is 0.624. The van der Waals surface area contributed by atoms with E-state index in [9.17, 15) is 0 Å². The number of aryl methyl sites for hydroxylation is 2. The fourth-order valence-corrected chi connectivity index (χ4v) is 8.23. The maximum atomic E-state index is 7.02. The van der Waals surface area contributed by atoms with Gasteiger partial charge < -0.3 is 4.74 Å². The van der Waals surface area contributed by atoms with Gasteiger partial charge in [-0.25, -0.2) is 9.97 Å². The molecular weight excluding hydrogens is 671 g/mol. The fourth-order valence-electron chi connectivity index (χ4n) is 8.23. The van der Waals surface area contributed by atoms with Gasteiger partial charge in [0.25, 0.3) is 0 Å². The molecule has 0 radical (unpaired) electrons. The van der Waals surface area contributed by atoms with Gasteiger partial charge in [-0.15, -0.1) is 0 Å². The van der Waals surface area contributed by atoms with Gasteiger partial charge in [0.15, 0.2) is 5.75 Å². The third-order valence-corrected chi connectivity index (χ3v) is 11.1. The number of hydrogen-bond donors (Lipinski definition) is 0. The maximum absolute atomic E-state index is 7.02. The second kappa shape index (κ2) is 13.3. The van der Waals surface area contributed by atoms with E-state index in [0.29, 0.717) is 5.95 Å². The molecule has 8 aromatic rings. The molecule has 0 atom stereocenters. The Balaban J connectivity index is 1.28. The molecular formula is C51H39N3O. The first kappa shape index (κ1) is 32.8. The van der Waals surface area contributed by atoms with E-state index >= 15 is 0 Å². The van der Waals surface area contributed by atoms with Gasteiger partial charge in [0, 0.05) is 27.1 Å². The monoisotopic (exact) mass is 709 g/mol. The summed E-state index contributed by atoms with van der Waals surface area (Å²) in [4.78, 5) is 10.8. The summed E-state index contributed by atoms with van der Waals surface area (Å²) in [5.74, 6) is 2.19. The largest absolute Gasteiger partial charge is 0.454 e. The molecule has 10 rings (SSSR count). The molecule has 0 saturated carbocycles. The Hall–Kier alpha value is -6.78. The van der Waals surface area contributed by atoms with Crippen molar-refractivity contribution in [2.24, 2.45) is 0 Å². The Morgan fingerprint density at radius 3 is 2.29 bits per heavy atom. The molecule has 6 aromatic carbocycles. The molecule has 3 heterocycles. The molecule has 0 saturated heterocycles. The molecule has 0 fully saturated rings. The molecule has 4 heteroatoms. The molecule has 55 heavy (non-hydrogen) atoms. The van der Waals surface area contributed by atoms with Gasteiger partial charge in [0.1, 0.15) is 11.3 Å². The highest BCUT2D eigenvalue weighted by atomic mass is 16.5. The molecule has 264 valence electrons. The van der Waals surface area contributed by atoms with Crippen LogP contribution in [0.25, 0.3) is 85.1 Å². The lowest BCUT2D eigenvalue weighted by molar-refractivity contribution is 0.485. The lowest BCUT2D eigenvalue weighted by Crippen LogP contribution is -2.34. The van der Waals surface area contributed by atoms with Crippen LogP contribution in [0.5, 0.6) is 11.5 Å². The minimum atomic E-state index is 0.624. The lowest BCUT2D eigenvalue weighted by atomic mass is 9.92. The molecule has 2 aromatic heterocycles. The predicted octanol–water partition coefficient (Wildman–Crippen LogP) is 11.8. The summed E-state index contributed by atoms with van der Waals surface area (Å²) in [6.07, 6.45) is 12.9. The molecule has 0 spiro atoms. The minimum Gasteiger partial charge on any atom is -0.454 e. The summed E-state index contributed by atoms with van der Waals surface area (Å²) in [5, 5.41) is 4.25. The van der Waals surface area contributed by atoms with Crippen LogP contribution in [0.1, 0.15) is 42.0 Å².